The van der Waals surface area contributed by atoms with Crippen molar-refractivity contribution in [2.75, 3.05) is 13.1 Å². The number of rotatable bonds is 7. The van der Waals surface area contributed by atoms with Crippen LogP contribution in [0.25, 0.3) is 0 Å². The maximum atomic E-state index is 13.7. The molecule has 0 aliphatic rings. The van der Waals surface area contributed by atoms with Gasteiger partial charge in [-0.25, -0.2) is 4.39 Å². The predicted molar refractivity (Wildman–Crippen MR) is 79.4 cm³/mol. The largest absolute Gasteiger partial charge is 0.339 e. The van der Waals surface area contributed by atoms with E-state index in [4.69, 9.17) is 0 Å². The van der Waals surface area contributed by atoms with Crippen molar-refractivity contribution < 1.29 is 9.18 Å². The highest BCUT2D eigenvalue weighted by Crippen LogP contribution is 2.16. The fourth-order valence-corrected chi connectivity index (χ4v) is 2.06. The monoisotopic (exact) mass is 283 g/mol. The predicted octanol–water partition coefficient (Wildman–Crippen LogP) is 4.16. The van der Waals surface area contributed by atoms with Crippen molar-refractivity contribution in [1.82, 2.24) is 4.90 Å². The van der Waals surface area contributed by atoms with Gasteiger partial charge in [0.15, 0.2) is 0 Å². The zero-order valence-electron chi connectivity index (χ0n) is 11.7. The maximum absolute atomic E-state index is 13.7. The third-order valence-corrected chi connectivity index (χ3v) is 3.31. The van der Waals surface area contributed by atoms with Gasteiger partial charge in [0.1, 0.15) is 5.82 Å². The summed E-state index contributed by atoms with van der Waals surface area (Å²) in [6.45, 7) is 5.53. The van der Waals surface area contributed by atoms with Crippen molar-refractivity contribution in [1.29, 1.82) is 0 Å². The second-order valence-electron chi connectivity index (χ2n) is 4.66. The van der Waals surface area contributed by atoms with Crippen LogP contribution in [0.1, 0.15) is 49.9 Å². The van der Waals surface area contributed by atoms with Crippen LogP contribution in [0.2, 0.25) is 0 Å². The summed E-state index contributed by atoms with van der Waals surface area (Å²) in [7, 11) is 0. The van der Waals surface area contributed by atoms with Crippen molar-refractivity contribution >= 4 is 18.5 Å². The summed E-state index contributed by atoms with van der Waals surface area (Å²) < 4.78 is 13.7. The molecule has 0 aliphatic heterocycles. The number of benzene rings is 1. The molecule has 4 heteroatoms. The summed E-state index contributed by atoms with van der Waals surface area (Å²) in [6.07, 6.45) is 3.92. The van der Waals surface area contributed by atoms with Crippen molar-refractivity contribution in [2.45, 2.75) is 44.4 Å². The molecule has 0 saturated heterocycles. The normalized spacial score (nSPS) is 10.5. The van der Waals surface area contributed by atoms with Crippen LogP contribution in [0, 0.1) is 5.82 Å². The van der Waals surface area contributed by atoms with E-state index in [1.165, 1.54) is 12.1 Å². The summed E-state index contributed by atoms with van der Waals surface area (Å²) in [4.78, 5) is 14.7. The van der Waals surface area contributed by atoms with E-state index in [2.05, 4.69) is 26.5 Å². The summed E-state index contributed by atoms with van der Waals surface area (Å²) in [5, 5.41) is 0. The molecule has 0 fully saturated rings. The number of thiol groups is 1. The van der Waals surface area contributed by atoms with Crippen LogP contribution in [0.15, 0.2) is 23.1 Å². The van der Waals surface area contributed by atoms with Gasteiger partial charge in [0.2, 0.25) is 0 Å². The molecule has 2 nitrogen and oxygen atoms in total. The van der Waals surface area contributed by atoms with Gasteiger partial charge in [-0.3, -0.25) is 4.79 Å². The Morgan fingerprint density at radius 2 is 1.79 bits per heavy atom. The molecule has 0 aliphatic carbocycles. The van der Waals surface area contributed by atoms with Gasteiger partial charge in [0.05, 0.1) is 5.56 Å². The standard InChI is InChI=1S/C15H22FNOS/c1-3-5-9-17(10-6-4-2)15(18)13-11-12(19)7-8-14(13)16/h7-8,11,19H,3-6,9-10H2,1-2H3. The second kappa shape index (κ2) is 8.20. The van der Waals surface area contributed by atoms with Gasteiger partial charge in [-0.1, -0.05) is 26.7 Å². The van der Waals surface area contributed by atoms with Gasteiger partial charge < -0.3 is 4.90 Å². The first-order valence-corrected chi connectivity index (χ1v) is 7.32. The average molecular weight is 283 g/mol. The van der Waals surface area contributed by atoms with E-state index in [0.29, 0.717) is 18.0 Å². The van der Waals surface area contributed by atoms with Crippen LogP contribution < -0.4 is 0 Å². The lowest BCUT2D eigenvalue weighted by atomic mass is 10.1. The van der Waals surface area contributed by atoms with E-state index < -0.39 is 5.82 Å². The van der Waals surface area contributed by atoms with Crippen LogP contribution in [-0.4, -0.2) is 23.9 Å². The van der Waals surface area contributed by atoms with E-state index >= 15 is 0 Å². The van der Waals surface area contributed by atoms with Crippen molar-refractivity contribution in [3.05, 3.63) is 29.6 Å². The Labute approximate surface area is 120 Å². The van der Waals surface area contributed by atoms with Crippen LogP contribution in [0.4, 0.5) is 4.39 Å². The quantitative estimate of drug-likeness (QED) is 0.745. The number of carbonyl (C=O) groups excluding carboxylic acids is 1. The molecule has 0 N–H and O–H groups in total. The van der Waals surface area contributed by atoms with Gasteiger partial charge in [0, 0.05) is 18.0 Å². The molecule has 0 bridgehead atoms. The fraction of sp³-hybridized carbons (Fsp3) is 0.533. The van der Waals surface area contributed by atoms with Crippen molar-refractivity contribution in [3.8, 4) is 0 Å². The van der Waals surface area contributed by atoms with E-state index in [1.807, 2.05) is 0 Å². The molecule has 1 aromatic carbocycles. The molecular formula is C15H22FNOS. The van der Waals surface area contributed by atoms with E-state index in [0.717, 1.165) is 25.7 Å². The Morgan fingerprint density at radius 1 is 1.21 bits per heavy atom. The zero-order valence-corrected chi connectivity index (χ0v) is 12.5. The van der Waals surface area contributed by atoms with Crippen LogP contribution in [0.3, 0.4) is 0 Å². The molecule has 1 aromatic rings. The summed E-state index contributed by atoms with van der Waals surface area (Å²) in [5.41, 5.74) is 0.125. The molecule has 0 saturated carbocycles. The van der Waals surface area contributed by atoms with Crippen LogP contribution in [0.5, 0.6) is 0 Å². The lowest BCUT2D eigenvalue weighted by molar-refractivity contribution is 0.0746. The molecule has 106 valence electrons. The lowest BCUT2D eigenvalue weighted by Gasteiger charge is -2.22. The Hall–Kier alpha value is -1.03. The third kappa shape index (κ3) is 4.86. The van der Waals surface area contributed by atoms with Crippen LogP contribution in [-0.2, 0) is 0 Å². The molecule has 0 spiro atoms. The Bertz CT molecular complexity index is 415. The Kier molecular flexibility index (Phi) is 6.92. The highest BCUT2D eigenvalue weighted by molar-refractivity contribution is 7.80. The lowest BCUT2D eigenvalue weighted by Crippen LogP contribution is -2.33. The summed E-state index contributed by atoms with van der Waals surface area (Å²) in [6, 6.07) is 4.36. The number of unbranched alkanes of at least 4 members (excludes halogenated alkanes) is 2. The fourth-order valence-electron chi connectivity index (χ4n) is 1.86. The Balaban J connectivity index is 2.87. The molecule has 0 atom stereocenters. The molecular weight excluding hydrogens is 261 g/mol. The van der Waals surface area contributed by atoms with Gasteiger partial charge in [-0.15, -0.1) is 12.6 Å². The summed E-state index contributed by atoms with van der Waals surface area (Å²) in [5.74, 6) is -0.698. The SMILES string of the molecule is CCCCN(CCCC)C(=O)c1cc(S)ccc1F. The number of halogens is 1. The first-order chi connectivity index (χ1) is 9.10. The third-order valence-electron chi connectivity index (χ3n) is 3.03. The van der Waals surface area contributed by atoms with Crippen LogP contribution >= 0.6 is 12.6 Å². The number of amides is 1. The molecule has 0 heterocycles. The van der Waals surface area contributed by atoms with Crippen molar-refractivity contribution in [2.24, 2.45) is 0 Å². The average Bonchev–Trinajstić information content (AvgIpc) is 2.41. The van der Waals surface area contributed by atoms with E-state index in [9.17, 15) is 9.18 Å². The topological polar surface area (TPSA) is 20.3 Å². The molecule has 0 unspecified atom stereocenters. The van der Waals surface area contributed by atoms with Crippen molar-refractivity contribution in [3.63, 3.8) is 0 Å². The van der Waals surface area contributed by atoms with E-state index in [-0.39, 0.29) is 11.5 Å². The smallest absolute Gasteiger partial charge is 0.256 e. The van der Waals surface area contributed by atoms with Gasteiger partial charge >= 0.3 is 0 Å². The highest BCUT2D eigenvalue weighted by Gasteiger charge is 2.18. The Morgan fingerprint density at radius 3 is 2.32 bits per heavy atom. The first kappa shape index (κ1) is 16.0. The second-order valence-corrected chi connectivity index (χ2v) is 5.18. The molecule has 1 amide bonds. The molecule has 19 heavy (non-hydrogen) atoms. The first-order valence-electron chi connectivity index (χ1n) is 6.88. The van der Waals surface area contributed by atoms with Gasteiger partial charge in [0.25, 0.3) is 5.91 Å². The minimum absolute atomic E-state index is 0.125. The van der Waals surface area contributed by atoms with Gasteiger partial charge in [-0.2, -0.15) is 0 Å². The number of hydrogen-bond acceptors (Lipinski definition) is 2. The number of nitrogens with zero attached hydrogens (tertiary/aromatic N) is 1. The number of carbonyl (C=O) groups is 1. The molecule has 0 aromatic heterocycles. The van der Waals surface area contributed by atoms with E-state index in [1.54, 1.807) is 11.0 Å². The minimum Gasteiger partial charge on any atom is -0.339 e. The maximum Gasteiger partial charge on any atom is 0.256 e. The molecule has 1 rings (SSSR count). The molecule has 0 radical (unpaired) electrons. The minimum atomic E-state index is -0.471. The zero-order chi connectivity index (χ0) is 14.3. The highest BCUT2D eigenvalue weighted by atomic mass is 32.1. The number of hydrogen-bond donors (Lipinski definition) is 1. The van der Waals surface area contributed by atoms with Gasteiger partial charge in [-0.05, 0) is 31.0 Å². The summed E-state index contributed by atoms with van der Waals surface area (Å²) >= 11 is 4.17.